The van der Waals surface area contributed by atoms with Gasteiger partial charge in [0, 0.05) is 22.9 Å². The lowest BCUT2D eigenvalue weighted by molar-refractivity contribution is -0.117. The van der Waals surface area contributed by atoms with Gasteiger partial charge in [0.05, 0.1) is 20.3 Å². The zero-order valence-electron chi connectivity index (χ0n) is 17.8. The first-order chi connectivity index (χ1) is 14.5. The van der Waals surface area contributed by atoms with Crippen LogP contribution in [-0.2, 0) is 4.79 Å². The monoisotopic (exact) mass is 404 g/mol. The molecule has 1 amide bonds. The topological polar surface area (TPSA) is 59.6 Å². The summed E-state index contributed by atoms with van der Waals surface area (Å²) in [4.78, 5) is 12.9. The number of methoxy groups -OCH3 is 2. The average molecular weight is 405 g/mol. The highest BCUT2D eigenvalue weighted by Crippen LogP contribution is 2.30. The number of ether oxygens (including phenoxy) is 2. The van der Waals surface area contributed by atoms with E-state index < -0.39 is 6.04 Å². The summed E-state index contributed by atoms with van der Waals surface area (Å²) >= 11 is 0. The van der Waals surface area contributed by atoms with Crippen molar-refractivity contribution in [3.8, 4) is 22.6 Å². The van der Waals surface area contributed by atoms with Crippen LogP contribution in [0.4, 0.5) is 5.69 Å². The molecule has 0 aliphatic carbocycles. The molecule has 0 aliphatic heterocycles. The molecule has 0 radical (unpaired) electrons. The lowest BCUT2D eigenvalue weighted by Gasteiger charge is -2.22. The molecule has 2 unspecified atom stereocenters. The van der Waals surface area contributed by atoms with Crippen molar-refractivity contribution in [3.63, 3.8) is 0 Å². The first kappa shape index (κ1) is 21.4. The summed E-state index contributed by atoms with van der Waals surface area (Å²) in [5.41, 5.74) is 3.76. The van der Waals surface area contributed by atoms with Crippen molar-refractivity contribution in [2.45, 2.75) is 25.9 Å². The number of amides is 1. The highest BCUT2D eigenvalue weighted by Gasteiger charge is 2.20. The highest BCUT2D eigenvalue weighted by atomic mass is 16.5. The number of para-hydroxylation sites is 1. The number of hydrogen-bond donors (Lipinski definition) is 2. The maximum atomic E-state index is 12.9. The lowest BCUT2D eigenvalue weighted by Crippen LogP contribution is -2.39. The van der Waals surface area contributed by atoms with Crippen molar-refractivity contribution in [2.24, 2.45) is 0 Å². The van der Waals surface area contributed by atoms with Crippen LogP contribution in [0.5, 0.6) is 11.5 Å². The highest BCUT2D eigenvalue weighted by molar-refractivity contribution is 5.98. The van der Waals surface area contributed by atoms with Crippen LogP contribution in [-0.4, -0.2) is 26.2 Å². The van der Waals surface area contributed by atoms with E-state index in [1.54, 1.807) is 14.2 Å². The second-order valence-corrected chi connectivity index (χ2v) is 7.12. The second kappa shape index (κ2) is 9.94. The van der Waals surface area contributed by atoms with Crippen molar-refractivity contribution in [1.29, 1.82) is 0 Å². The van der Waals surface area contributed by atoms with E-state index in [9.17, 15) is 4.79 Å². The molecule has 2 N–H and O–H groups in total. The molecule has 0 spiro atoms. The molecule has 0 aromatic heterocycles. The first-order valence-corrected chi connectivity index (χ1v) is 9.96. The van der Waals surface area contributed by atoms with Gasteiger partial charge in [0.2, 0.25) is 5.91 Å². The van der Waals surface area contributed by atoms with Gasteiger partial charge in [-0.3, -0.25) is 10.1 Å². The number of anilines is 1. The molecular formula is C25H28N2O3. The van der Waals surface area contributed by atoms with E-state index in [1.165, 1.54) is 0 Å². The molecule has 3 rings (SSSR count). The maximum Gasteiger partial charge on any atom is 0.241 e. The molecule has 156 valence electrons. The van der Waals surface area contributed by atoms with E-state index in [4.69, 9.17) is 9.47 Å². The predicted octanol–water partition coefficient (Wildman–Crippen LogP) is 5.05. The fraction of sp³-hybridized carbons (Fsp3) is 0.240. The van der Waals surface area contributed by atoms with Gasteiger partial charge in [0.1, 0.15) is 11.5 Å². The number of rotatable bonds is 8. The van der Waals surface area contributed by atoms with Gasteiger partial charge in [-0.25, -0.2) is 0 Å². The molecule has 3 aromatic carbocycles. The summed E-state index contributed by atoms with van der Waals surface area (Å²) in [5.74, 6) is 1.39. The average Bonchev–Trinajstić information content (AvgIpc) is 2.79. The van der Waals surface area contributed by atoms with Crippen molar-refractivity contribution < 1.29 is 14.3 Å². The molecule has 0 saturated carbocycles. The predicted molar refractivity (Wildman–Crippen MR) is 121 cm³/mol. The summed E-state index contributed by atoms with van der Waals surface area (Å²) < 4.78 is 10.8. The van der Waals surface area contributed by atoms with Gasteiger partial charge in [0.15, 0.2) is 0 Å². The number of benzene rings is 3. The summed E-state index contributed by atoms with van der Waals surface area (Å²) in [6, 6.07) is 22.9. The molecule has 5 nitrogen and oxygen atoms in total. The Morgan fingerprint density at radius 1 is 0.867 bits per heavy atom. The molecule has 30 heavy (non-hydrogen) atoms. The van der Waals surface area contributed by atoms with Gasteiger partial charge in [-0.05, 0) is 43.7 Å². The third kappa shape index (κ3) is 4.99. The van der Waals surface area contributed by atoms with Crippen LogP contribution in [0, 0.1) is 0 Å². The van der Waals surface area contributed by atoms with Crippen LogP contribution >= 0.6 is 0 Å². The number of hydrogen-bond acceptors (Lipinski definition) is 4. The molecule has 0 aliphatic rings. The van der Waals surface area contributed by atoms with Crippen LogP contribution in [0.3, 0.4) is 0 Å². The molecule has 0 fully saturated rings. The minimum atomic E-state index is -0.417. The van der Waals surface area contributed by atoms with Gasteiger partial charge >= 0.3 is 0 Å². The smallest absolute Gasteiger partial charge is 0.241 e. The van der Waals surface area contributed by atoms with Crippen molar-refractivity contribution in [2.75, 3.05) is 19.5 Å². The fourth-order valence-corrected chi connectivity index (χ4v) is 3.42. The third-order valence-corrected chi connectivity index (χ3v) is 5.07. The van der Waals surface area contributed by atoms with Crippen LogP contribution in [0.25, 0.3) is 11.1 Å². The van der Waals surface area contributed by atoms with Crippen LogP contribution in [0.1, 0.15) is 25.5 Å². The Balaban J connectivity index is 1.73. The summed E-state index contributed by atoms with van der Waals surface area (Å²) in [6.45, 7) is 3.85. The van der Waals surface area contributed by atoms with Crippen LogP contribution < -0.4 is 20.1 Å². The maximum absolute atomic E-state index is 12.9. The second-order valence-electron chi connectivity index (χ2n) is 7.12. The molecule has 5 heteroatoms. The first-order valence-electron chi connectivity index (χ1n) is 9.96. The minimum Gasteiger partial charge on any atom is -0.497 e. The molecule has 0 saturated heterocycles. The summed E-state index contributed by atoms with van der Waals surface area (Å²) in [5, 5.41) is 6.41. The lowest BCUT2D eigenvalue weighted by atomic mass is 10.0. The summed E-state index contributed by atoms with van der Waals surface area (Å²) in [7, 11) is 3.26. The SMILES string of the molecule is COc1ccc(OC)c(C(C)NC(C)C(=O)Nc2ccccc2-c2ccccc2)c1. The molecule has 0 heterocycles. The van der Waals surface area contributed by atoms with Crippen LogP contribution in [0.15, 0.2) is 72.8 Å². The zero-order chi connectivity index (χ0) is 21.5. The van der Waals surface area contributed by atoms with Crippen molar-refractivity contribution in [3.05, 3.63) is 78.4 Å². The molecule has 0 bridgehead atoms. The zero-order valence-corrected chi connectivity index (χ0v) is 17.8. The Hall–Kier alpha value is -3.31. The quantitative estimate of drug-likeness (QED) is 0.552. The number of nitrogens with one attached hydrogen (secondary N) is 2. The molecule has 3 aromatic rings. The summed E-state index contributed by atoms with van der Waals surface area (Å²) in [6.07, 6.45) is 0. The van der Waals surface area contributed by atoms with E-state index in [0.29, 0.717) is 0 Å². The van der Waals surface area contributed by atoms with Crippen molar-refractivity contribution >= 4 is 11.6 Å². The number of carbonyl (C=O) groups excluding carboxylic acids is 1. The standard InChI is InChI=1S/C25H28N2O3/c1-17(22-16-20(29-3)14-15-24(22)30-4)26-18(2)25(28)27-23-13-9-8-12-21(23)19-10-6-5-7-11-19/h5-18,26H,1-4H3,(H,27,28). The van der Waals surface area contributed by atoms with Crippen LogP contribution in [0.2, 0.25) is 0 Å². The van der Waals surface area contributed by atoms with E-state index >= 15 is 0 Å². The van der Waals surface area contributed by atoms with E-state index in [-0.39, 0.29) is 11.9 Å². The van der Waals surface area contributed by atoms with Crippen molar-refractivity contribution in [1.82, 2.24) is 5.32 Å². The van der Waals surface area contributed by atoms with Gasteiger partial charge in [-0.15, -0.1) is 0 Å². The Labute approximate surface area is 178 Å². The minimum absolute atomic E-state index is 0.105. The molecular weight excluding hydrogens is 376 g/mol. The fourth-order valence-electron chi connectivity index (χ4n) is 3.42. The van der Waals surface area contributed by atoms with Gasteiger partial charge in [-0.1, -0.05) is 48.5 Å². The van der Waals surface area contributed by atoms with Gasteiger partial charge in [-0.2, -0.15) is 0 Å². The Morgan fingerprint density at radius 2 is 1.57 bits per heavy atom. The third-order valence-electron chi connectivity index (χ3n) is 5.07. The Bertz CT molecular complexity index is 989. The Morgan fingerprint density at radius 3 is 2.27 bits per heavy atom. The molecule has 2 atom stereocenters. The Kier molecular flexibility index (Phi) is 7.09. The van der Waals surface area contributed by atoms with E-state index in [0.717, 1.165) is 33.9 Å². The van der Waals surface area contributed by atoms with Gasteiger partial charge in [0.25, 0.3) is 0 Å². The van der Waals surface area contributed by atoms with Gasteiger partial charge < -0.3 is 14.8 Å². The van der Waals surface area contributed by atoms with E-state index in [2.05, 4.69) is 10.6 Å². The number of carbonyl (C=O) groups is 1. The largest absolute Gasteiger partial charge is 0.497 e. The van der Waals surface area contributed by atoms with E-state index in [1.807, 2.05) is 86.6 Å². The normalized spacial score (nSPS) is 12.7.